The Morgan fingerprint density at radius 1 is 1.50 bits per heavy atom. The van der Waals surface area contributed by atoms with Crippen LogP contribution in [0.15, 0.2) is 0 Å². The molecule has 1 aliphatic rings. The minimum absolute atomic E-state index is 0.0513. The van der Waals surface area contributed by atoms with Crippen molar-refractivity contribution in [3.8, 4) is 6.07 Å². The molecule has 0 unspecified atom stereocenters. The average molecular weight is 138 g/mol. The smallest absolute Gasteiger partial charge is 0.0799 e. The van der Waals surface area contributed by atoms with Gasteiger partial charge in [0, 0.05) is 19.1 Å². The van der Waals surface area contributed by atoms with Gasteiger partial charge in [-0.05, 0) is 20.8 Å². The molecule has 1 fully saturated rings. The van der Waals surface area contributed by atoms with Gasteiger partial charge >= 0.3 is 0 Å². The SMILES string of the molecule is CC(C)N1CC(C)(C#N)C1. The van der Waals surface area contributed by atoms with E-state index in [9.17, 15) is 0 Å². The molecule has 1 rings (SSSR count). The normalized spacial score (nSPS) is 23.9. The van der Waals surface area contributed by atoms with E-state index in [2.05, 4.69) is 24.8 Å². The fraction of sp³-hybridized carbons (Fsp3) is 0.875. The van der Waals surface area contributed by atoms with Crippen molar-refractivity contribution in [3.63, 3.8) is 0 Å². The second-order valence-electron chi connectivity index (χ2n) is 3.67. The Balaban J connectivity index is 2.38. The third-order valence-electron chi connectivity index (χ3n) is 2.10. The highest BCUT2D eigenvalue weighted by Crippen LogP contribution is 2.29. The van der Waals surface area contributed by atoms with Crippen LogP contribution >= 0.6 is 0 Å². The van der Waals surface area contributed by atoms with E-state index < -0.39 is 0 Å². The molecule has 1 heterocycles. The van der Waals surface area contributed by atoms with Gasteiger partial charge in [0.1, 0.15) is 0 Å². The third-order valence-corrected chi connectivity index (χ3v) is 2.10. The number of hydrogen-bond acceptors (Lipinski definition) is 2. The number of hydrogen-bond donors (Lipinski definition) is 0. The van der Waals surface area contributed by atoms with Gasteiger partial charge in [0.25, 0.3) is 0 Å². The van der Waals surface area contributed by atoms with E-state index in [1.807, 2.05) is 6.92 Å². The van der Waals surface area contributed by atoms with Crippen LogP contribution in [-0.4, -0.2) is 24.0 Å². The zero-order chi connectivity index (χ0) is 7.78. The quantitative estimate of drug-likeness (QED) is 0.545. The van der Waals surface area contributed by atoms with Crippen LogP contribution in [-0.2, 0) is 0 Å². The van der Waals surface area contributed by atoms with E-state index in [4.69, 9.17) is 5.26 Å². The van der Waals surface area contributed by atoms with Gasteiger partial charge in [-0.3, -0.25) is 4.90 Å². The minimum atomic E-state index is -0.0513. The molecular weight excluding hydrogens is 124 g/mol. The topological polar surface area (TPSA) is 27.0 Å². The van der Waals surface area contributed by atoms with Gasteiger partial charge < -0.3 is 0 Å². The fourth-order valence-electron chi connectivity index (χ4n) is 1.29. The van der Waals surface area contributed by atoms with Crippen LogP contribution in [0.2, 0.25) is 0 Å². The molecule has 0 amide bonds. The molecule has 0 atom stereocenters. The Kier molecular flexibility index (Phi) is 1.70. The number of nitriles is 1. The van der Waals surface area contributed by atoms with Crippen molar-refractivity contribution < 1.29 is 0 Å². The number of likely N-dealkylation sites (tertiary alicyclic amines) is 1. The summed E-state index contributed by atoms with van der Waals surface area (Å²) in [7, 11) is 0. The highest BCUT2D eigenvalue weighted by Gasteiger charge is 2.39. The molecule has 1 aliphatic heterocycles. The largest absolute Gasteiger partial charge is 0.298 e. The van der Waals surface area contributed by atoms with Crippen LogP contribution < -0.4 is 0 Å². The Labute approximate surface area is 62.4 Å². The van der Waals surface area contributed by atoms with Gasteiger partial charge in [0.2, 0.25) is 0 Å². The van der Waals surface area contributed by atoms with Crippen LogP contribution in [0.3, 0.4) is 0 Å². The van der Waals surface area contributed by atoms with Crippen LogP contribution in [0.5, 0.6) is 0 Å². The second kappa shape index (κ2) is 2.25. The minimum Gasteiger partial charge on any atom is -0.298 e. The zero-order valence-corrected chi connectivity index (χ0v) is 6.89. The van der Waals surface area contributed by atoms with Gasteiger partial charge in [-0.1, -0.05) is 0 Å². The summed E-state index contributed by atoms with van der Waals surface area (Å²) in [4.78, 5) is 2.31. The van der Waals surface area contributed by atoms with Crippen molar-refractivity contribution in [2.45, 2.75) is 26.8 Å². The molecule has 0 radical (unpaired) electrons. The molecular formula is C8H14N2. The average Bonchev–Trinajstić information content (AvgIpc) is 1.80. The maximum absolute atomic E-state index is 8.67. The van der Waals surface area contributed by atoms with E-state index in [-0.39, 0.29) is 5.41 Å². The van der Waals surface area contributed by atoms with Crippen LogP contribution in [0, 0.1) is 16.7 Å². The van der Waals surface area contributed by atoms with Gasteiger partial charge in [-0.2, -0.15) is 5.26 Å². The van der Waals surface area contributed by atoms with Crippen LogP contribution in [0.4, 0.5) is 0 Å². The predicted molar refractivity (Wildman–Crippen MR) is 40.4 cm³/mol. The molecule has 0 spiro atoms. The summed E-state index contributed by atoms with van der Waals surface area (Å²) in [5, 5.41) is 8.67. The van der Waals surface area contributed by atoms with E-state index in [1.54, 1.807) is 0 Å². The molecule has 0 N–H and O–H groups in total. The highest BCUT2D eigenvalue weighted by molar-refractivity contribution is 5.07. The van der Waals surface area contributed by atoms with Gasteiger partial charge in [-0.15, -0.1) is 0 Å². The Bertz CT molecular complexity index is 161. The lowest BCUT2D eigenvalue weighted by Crippen LogP contribution is -2.56. The summed E-state index contributed by atoms with van der Waals surface area (Å²) in [6.45, 7) is 8.24. The molecule has 56 valence electrons. The highest BCUT2D eigenvalue weighted by atomic mass is 15.2. The molecule has 2 heteroatoms. The van der Waals surface area contributed by atoms with Gasteiger partial charge in [-0.25, -0.2) is 0 Å². The first kappa shape index (κ1) is 7.56. The molecule has 0 saturated carbocycles. The Morgan fingerprint density at radius 3 is 2.30 bits per heavy atom. The molecule has 0 bridgehead atoms. The first-order valence-corrected chi connectivity index (χ1v) is 3.73. The van der Waals surface area contributed by atoms with E-state index in [1.165, 1.54) is 0 Å². The monoisotopic (exact) mass is 138 g/mol. The maximum atomic E-state index is 8.67. The molecule has 0 aromatic heterocycles. The summed E-state index contributed by atoms with van der Waals surface area (Å²) in [5.74, 6) is 0. The zero-order valence-electron chi connectivity index (χ0n) is 6.89. The lowest BCUT2D eigenvalue weighted by atomic mass is 9.83. The van der Waals surface area contributed by atoms with Crippen LogP contribution in [0.1, 0.15) is 20.8 Å². The van der Waals surface area contributed by atoms with E-state index in [0.717, 1.165) is 13.1 Å². The predicted octanol–water partition coefficient (Wildman–Crippen LogP) is 1.24. The Morgan fingerprint density at radius 2 is 2.00 bits per heavy atom. The fourth-order valence-corrected chi connectivity index (χ4v) is 1.29. The van der Waals surface area contributed by atoms with Crippen LogP contribution in [0.25, 0.3) is 0 Å². The van der Waals surface area contributed by atoms with Crippen molar-refractivity contribution in [2.75, 3.05) is 13.1 Å². The molecule has 10 heavy (non-hydrogen) atoms. The molecule has 0 aromatic rings. The van der Waals surface area contributed by atoms with Crippen molar-refractivity contribution in [1.82, 2.24) is 4.90 Å². The first-order chi connectivity index (χ1) is 4.57. The van der Waals surface area contributed by atoms with Crippen molar-refractivity contribution in [2.24, 2.45) is 5.41 Å². The summed E-state index contributed by atoms with van der Waals surface area (Å²) in [6, 6.07) is 2.92. The summed E-state index contributed by atoms with van der Waals surface area (Å²) in [6.07, 6.45) is 0. The summed E-state index contributed by atoms with van der Waals surface area (Å²) >= 11 is 0. The lowest BCUT2D eigenvalue weighted by Gasteiger charge is -2.45. The second-order valence-corrected chi connectivity index (χ2v) is 3.67. The number of nitrogens with zero attached hydrogens (tertiary/aromatic N) is 2. The van der Waals surface area contributed by atoms with Crippen molar-refractivity contribution in [1.29, 1.82) is 5.26 Å². The maximum Gasteiger partial charge on any atom is 0.0799 e. The van der Waals surface area contributed by atoms with Crippen molar-refractivity contribution >= 4 is 0 Å². The Hall–Kier alpha value is -0.550. The van der Waals surface area contributed by atoms with Gasteiger partial charge in [0.05, 0.1) is 11.5 Å². The molecule has 0 aromatic carbocycles. The van der Waals surface area contributed by atoms with E-state index >= 15 is 0 Å². The summed E-state index contributed by atoms with van der Waals surface area (Å²) < 4.78 is 0. The third kappa shape index (κ3) is 1.15. The number of rotatable bonds is 1. The molecule has 0 aliphatic carbocycles. The standard InChI is InChI=1S/C8H14N2/c1-7(2)10-5-8(3,4-9)6-10/h7H,5-6H2,1-3H3. The van der Waals surface area contributed by atoms with Crippen molar-refractivity contribution in [3.05, 3.63) is 0 Å². The lowest BCUT2D eigenvalue weighted by molar-refractivity contribution is 0.0319. The summed E-state index contributed by atoms with van der Waals surface area (Å²) in [5.41, 5.74) is -0.0513. The first-order valence-electron chi connectivity index (χ1n) is 3.73. The van der Waals surface area contributed by atoms with Gasteiger partial charge in [0.15, 0.2) is 0 Å². The van der Waals surface area contributed by atoms with E-state index in [0.29, 0.717) is 6.04 Å². The molecule has 1 saturated heterocycles. The molecule has 2 nitrogen and oxygen atoms in total.